The summed E-state index contributed by atoms with van der Waals surface area (Å²) in [7, 11) is 0. The fourth-order valence-corrected chi connectivity index (χ4v) is 1.92. The topological polar surface area (TPSA) is 55.9 Å². The normalized spacial score (nSPS) is 10.8. The Hall–Kier alpha value is -1.23. The van der Waals surface area contributed by atoms with Crippen LogP contribution in [0.15, 0.2) is 6.07 Å². The number of anilines is 1. The molecule has 0 amide bonds. The van der Waals surface area contributed by atoms with E-state index in [1.807, 2.05) is 19.9 Å². The molecule has 0 atom stereocenters. The van der Waals surface area contributed by atoms with Crippen LogP contribution in [-0.4, -0.2) is 10.1 Å². The summed E-state index contributed by atoms with van der Waals surface area (Å²) < 4.78 is 1.76. The van der Waals surface area contributed by atoms with Gasteiger partial charge in [-0.1, -0.05) is 4.52 Å². The van der Waals surface area contributed by atoms with Crippen LogP contribution in [0.5, 0.6) is 0 Å². The second-order valence-corrected chi connectivity index (χ2v) is 3.66. The second-order valence-electron chi connectivity index (χ2n) is 2.67. The van der Waals surface area contributed by atoms with E-state index in [1.54, 1.807) is 4.52 Å². The minimum atomic E-state index is 0.552. The van der Waals surface area contributed by atoms with E-state index in [1.165, 1.54) is 11.3 Å². The van der Waals surface area contributed by atoms with Gasteiger partial charge < -0.3 is 5.73 Å². The first-order chi connectivity index (χ1) is 5.66. The Labute approximate surface area is 73.7 Å². The zero-order valence-electron chi connectivity index (χ0n) is 6.90. The largest absolute Gasteiger partial charge is 0.411 e. The Bertz CT molecular complexity index is 434. The van der Waals surface area contributed by atoms with Gasteiger partial charge in [-0.05, 0) is 21.4 Å². The van der Waals surface area contributed by atoms with E-state index in [0.717, 1.165) is 16.3 Å². The molecule has 0 saturated carbocycles. The van der Waals surface area contributed by atoms with E-state index in [-0.39, 0.29) is 0 Å². The lowest BCUT2D eigenvalue weighted by molar-refractivity contribution is -0.583. The number of nitrogen functional groups attached to an aromatic ring is 1. The average Bonchev–Trinajstić information content (AvgIpc) is 2.29. The molecule has 2 aromatic rings. The summed E-state index contributed by atoms with van der Waals surface area (Å²) in [5.74, 6) is 0. The molecule has 0 aliphatic rings. The first-order valence-electron chi connectivity index (χ1n) is 3.59. The Kier molecular flexibility index (Phi) is 1.47. The Morgan fingerprint density at radius 1 is 1.50 bits per heavy atom. The highest BCUT2D eigenvalue weighted by atomic mass is 32.1. The maximum Gasteiger partial charge on any atom is 0.411 e. The maximum absolute atomic E-state index is 5.56. The molecule has 2 heterocycles. The lowest BCUT2D eigenvalue weighted by Crippen LogP contribution is -2.28. The van der Waals surface area contributed by atoms with Gasteiger partial charge in [0, 0.05) is 19.9 Å². The van der Waals surface area contributed by atoms with Crippen molar-refractivity contribution >= 4 is 21.4 Å². The summed E-state index contributed by atoms with van der Waals surface area (Å²) in [5, 5.41) is 4.66. The number of hydrogen-bond donors (Lipinski definition) is 1. The van der Waals surface area contributed by atoms with Gasteiger partial charge in [0.15, 0.2) is 5.69 Å². The minimum absolute atomic E-state index is 0.552. The molecule has 0 aromatic carbocycles. The lowest BCUT2D eigenvalue weighted by Gasteiger charge is -1.86. The van der Waals surface area contributed by atoms with Crippen LogP contribution in [0.4, 0.5) is 5.13 Å². The van der Waals surface area contributed by atoms with E-state index in [2.05, 4.69) is 10.1 Å². The van der Waals surface area contributed by atoms with Crippen LogP contribution < -0.4 is 10.2 Å². The number of fused-ring (bicyclic) bond motifs is 1. The van der Waals surface area contributed by atoms with Crippen molar-refractivity contribution in [1.82, 2.24) is 10.1 Å². The van der Waals surface area contributed by atoms with Gasteiger partial charge in [0.2, 0.25) is 5.13 Å². The smallest absolute Gasteiger partial charge is 0.372 e. The first-order valence-corrected chi connectivity index (χ1v) is 4.41. The zero-order chi connectivity index (χ0) is 8.72. The van der Waals surface area contributed by atoms with E-state index < -0.39 is 0 Å². The second kappa shape index (κ2) is 2.38. The van der Waals surface area contributed by atoms with Gasteiger partial charge in [0.25, 0.3) is 0 Å². The van der Waals surface area contributed by atoms with Crippen LogP contribution in [-0.2, 0) is 0 Å². The van der Waals surface area contributed by atoms with Gasteiger partial charge >= 0.3 is 4.96 Å². The van der Waals surface area contributed by atoms with Gasteiger partial charge in [-0.2, -0.15) is 0 Å². The molecule has 0 spiro atoms. The van der Waals surface area contributed by atoms with Crippen molar-refractivity contribution in [1.29, 1.82) is 0 Å². The average molecular weight is 181 g/mol. The molecule has 12 heavy (non-hydrogen) atoms. The van der Waals surface area contributed by atoms with Crippen molar-refractivity contribution in [2.24, 2.45) is 0 Å². The molecular weight excluding hydrogens is 172 g/mol. The quantitative estimate of drug-likeness (QED) is 0.601. The highest BCUT2D eigenvalue weighted by Gasteiger charge is 2.13. The van der Waals surface area contributed by atoms with Crippen molar-refractivity contribution in [3.05, 3.63) is 17.5 Å². The number of aryl methyl sites for hydroxylation is 2. The van der Waals surface area contributed by atoms with Gasteiger partial charge in [0.05, 0.1) is 0 Å². The predicted octanol–water partition coefficient (Wildman–Crippen LogP) is 0.476. The lowest BCUT2D eigenvalue weighted by atomic mass is 10.4. The molecule has 2 aromatic heterocycles. The van der Waals surface area contributed by atoms with E-state index in [4.69, 9.17) is 5.73 Å². The number of aromatic nitrogens is 3. The monoisotopic (exact) mass is 181 g/mol. The molecule has 2 N–H and O–H groups in total. The molecule has 0 bridgehead atoms. The third kappa shape index (κ3) is 1.02. The summed E-state index contributed by atoms with van der Waals surface area (Å²) in [5.41, 5.74) is 7.61. The van der Waals surface area contributed by atoms with Gasteiger partial charge in [-0.15, -0.1) is 0 Å². The number of nitrogens with zero attached hydrogens (tertiary/aromatic N) is 3. The fraction of sp³-hybridized carbons (Fsp3) is 0.286. The molecule has 0 unspecified atom stereocenters. The Morgan fingerprint density at radius 3 is 3.00 bits per heavy atom. The third-order valence-electron chi connectivity index (χ3n) is 1.60. The first kappa shape index (κ1) is 7.42. The molecule has 0 saturated heterocycles. The molecule has 0 aliphatic heterocycles. The van der Waals surface area contributed by atoms with Gasteiger partial charge in [0.1, 0.15) is 5.69 Å². The summed E-state index contributed by atoms with van der Waals surface area (Å²) in [6, 6.07) is 1.98. The molecule has 62 valence electrons. The van der Waals surface area contributed by atoms with Crippen LogP contribution in [0.2, 0.25) is 0 Å². The van der Waals surface area contributed by atoms with Crippen molar-refractivity contribution in [2.75, 3.05) is 5.73 Å². The molecule has 2 rings (SSSR count). The van der Waals surface area contributed by atoms with Crippen LogP contribution >= 0.6 is 11.3 Å². The van der Waals surface area contributed by atoms with Crippen LogP contribution in [0, 0.1) is 13.8 Å². The Morgan fingerprint density at radius 2 is 2.25 bits per heavy atom. The zero-order valence-corrected chi connectivity index (χ0v) is 7.72. The molecule has 0 fully saturated rings. The van der Waals surface area contributed by atoms with Crippen molar-refractivity contribution in [3.8, 4) is 0 Å². The SMILES string of the molecule is Cc1cc(C)[n+]2nc(N)sc2n1. The van der Waals surface area contributed by atoms with E-state index >= 15 is 0 Å². The summed E-state index contributed by atoms with van der Waals surface area (Å²) in [6.07, 6.45) is 0. The van der Waals surface area contributed by atoms with E-state index in [0.29, 0.717) is 5.13 Å². The summed E-state index contributed by atoms with van der Waals surface area (Å²) in [4.78, 5) is 5.15. The number of hydrogen-bond acceptors (Lipinski definition) is 4. The van der Waals surface area contributed by atoms with Crippen LogP contribution in [0.3, 0.4) is 0 Å². The Balaban J connectivity index is 2.88. The molecule has 0 aliphatic carbocycles. The van der Waals surface area contributed by atoms with Crippen LogP contribution in [0.1, 0.15) is 11.4 Å². The highest BCUT2D eigenvalue weighted by Crippen LogP contribution is 2.10. The van der Waals surface area contributed by atoms with Crippen molar-refractivity contribution < 1.29 is 4.52 Å². The minimum Gasteiger partial charge on any atom is -0.372 e. The van der Waals surface area contributed by atoms with Crippen molar-refractivity contribution in [2.45, 2.75) is 13.8 Å². The highest BCUT2D eigenvalue weighted by molar-refractivity contribution is 7.19. The number of nitrogens with two attached hydrogens (primary N) is 1. The van der Waals surface area contributed by atoms with Crippen LogP contribution in [0.25, 0.3) is 4.96 Å². The number of rotatable bonds is 0. The third-order valence-corrected chi connectivity index (χ3v) is 2.34. The predicted molar refractivity (Wildman–Crippen MR) is 47.0 cm³/mol. The molecular formula is C7H9N4S+. The molecule has 0 radical (unpaired) electrons. The molecule has 4 nitrogen and oxygen atoms in total. The van der Waals surface area contributed by atoms with Crippen molar-refractivity contribution in [3.63, 3.8) is 0 Å². The fourth-order valence-electron chi connectivity index (χ4n) is 1.15. The standard InChI is InChI=1S/C7H9N4S/c1-4-3-5(2)11-7(9-4)12-6(8)10-11/h3H,1-2H3,(H2,8,10)/q+1. The van der Waals surface area contributed by atoms with Gasteiger partial charge in [-0.3, -0.25) is 0 Å². The van der Waals surface area contributed by atoms with E-state index in [9.17, 15) is 0 Å². The molecule has 5 heteroatoms. The summed E-state index contributed by atoms with van der Waals surface area (Å²) in [6.45, 7) is 3.95. The van der Waals surface area contributed by atoms with Gasteiger partial charge in [-0.25, -0.2) is 0 Å². The maximum atomic E-state index is 5.56. The summed E-state index contributed by atoms with van der Waals surface area (Å²) >= 11 is 1.40.